The summed E-state index contributed by atoms with van der Waals surface area (Å²) in [6, 6.07) is 0. The number of nitrogens with one attached hydrogen (secondary N) is 1. The molecular formula is C14H24N2O3S. The lowest BCUT2D eigenvalue weighted by Gasteiger charge is -2.30. The van der Waals surface area contributed by atoms with Crippen molar-refractivity contribution in [1.82, 2.24) is 10.2 Å². The second-order valence-corrected chi connectivity index (χ2v) is 7.11. The number of rotatable bonds is 6. The molecule has 0 bridgehead atoms. The molecule has 1 heterocycles. The summed E-state index contributed by atoms with van der Waals surface area (Å²) < 4.78 is 4.75. The van der Waals surface area contributed by atoms with Gasteiger partial charge in [0.2, 0.25) is 5.91 Å². The van der Waals surface area contributed by atoms with Crippen molar-refractivity contribution in [2.75, 3.05) is 39.0 Å². The van der Waals surface area contributed by atoms with E-state index in [1.165, 1.54) is 7.11 Å². The number of amides is 1. The van der Waals surface area contributed by atoms with Gasteiger partial charge in [-0.15, -0.1) is 11.8 Å². The molecule has 0 aromatic rings. The van der Waals surface area contributed by atoms with Crippen LogP contribution < -0.4 is 5.32 Å². The maximum atomic E-state index is 12.3. The first-order chi connectivity index (χ1) is 9.56. The van der Waals surface area contributed by atoms with Gasteiger partial charge in [0.1, 0.15) is 0 Å². The molecule has 1 N–H and O–H groups in total. The molecule has 0 radical (unpaired) electrons. The zero-order chi connectivity index (χ0) is 14.6. The highest BCUT2D eigenvalue weighted by molar-refractivity contribution is 8.00. The monoisotopic (exact) mass is 300 g/mol. The van der Waals surface area contributed by atoms with E-state index in [0.29, 0.717) is 6.42 Å². The SMILES string of the molecule is COC(=O)CC1(CSC(C)C(=O)N2CCNCC2)CC1. The number of nitrogens with zero attached hydrogens (tertiary/aromatic N) is 1. The molecule has 2 aliphatic rings. The van der Waals surface area contributed by atoms with Crippen LogP contribution >= 0.6 is 11.8 Å². The summed E-state index contributed by atoms with van der Waals surface area (Å²) >= 11 is 1.68. The smallest absolute Gasteiger partial charge is 0.306 e. The standard InChI is InChI=1S/C14H24N2O3S/c1-11(13(18)16-7-5-15-6-8-16)20-10-14(3-4-14)9-12(17)19-2/h11,15H,3-10H2,1-2H3. The Kier molecular flexibility index (Phi) is 5.32. The van der Waals surface area contributed by atoms with Gasteiger partial charge in [-0.3, -0.25) is 9.59 Å². The van der Waals surface area contributed by atoms with Gasteiger partial charge in [-0.2, -0.15) is 0 Å². The van der Waals surface area contributed by atoms with Crippen LogP contribution in [0, 0.1) is 5.41 Å². The zero-order valence-electron chi connectivity index (χ0n) is 12.3. The second-order valence-electron chi connectivity index (χ2n) is 5.78. The van der Waals surface area contributed by atoms with Crippen LogP contribution in [0.3, 0.4) is 0 Å². The molecule has 0 spiro atoms. The molecule has 1 saturated carbocycles. The van der Waals surface area contributed by atoms with E-state index < -0.39 is 0 Å². The molecule has 0 aromatic heterocycles. The fraction of sp³-hybridized carbons (Fsp3) is 0.857. The van der Waals surface area contributed by atoms with Gasteiger partial charge in [0.05, 0.1) is 18.8 Å². The predicted molar refractivity (Wildman–Crippen MR) is 79.7 cm³/mol. The van der Waals surface area contributed by atoms with Crippen LogP contribution in [0.25, 0.3) is 0 Å². The molecule has 1 atom stereocenters. The van der Waals surface area contributed by atoms with Gasteiger partial charge in [0.25, 0.3) is 0 Å². The number of carbonyl (C=O) groups is 2. The molecule has 1 aliphatic carbocycles. The average Bonchev–Trinajstić information content (AvgIpc) is 3.24. The van der Waals surface area contributed by atoms with E-state index in [2.05, 4.69) is 5.32 Å². The van der Waals surface area contributed by atoms with Crippen molar-refractivity contribution in [2.24, 2.45) is 5.41 Å². The molecule has 5 nitrogen and oxygen atoms in total. The van der Waals surface area contributed by atoms with Crippen LogP contribution in [0.1, 0.15) is 26.2 Å². The minimum atomic E-state index is -0.135. The third-order valence-corrected chi connectivity index (χ3v) is 5.60. The molecule has 1 aliphatic heterocycles. The normalized spacial score (nSPS) is 22.2. The van der Waals surface area contributed by atoms with Crippen molar-refractivity contribution in [3.05, 3.63) is 0 Å². The van der Waals surface area contributed by atoms with E-state index in [-0.39, 0.29) is 22.5 Å². The van der Waals surface area contributed by atoms with Crippen LogP contribution in [0.5, 0.6) is 0 Å². The number of piperazine rings is 1. The Morgan fingerprint density at radius 2 is 2.00 bits per heavy atom. The highest BCUT2D eigenvalue weighted by Gasteiger charge is 2.45. The molecule has 6 heteroatoms. The summed E-state index contributed by atoms with van der Waals surface area (Å²) in [6.45, 7) is 5.35. The molecule has 2 rings (SSSR count). The van der Waals surface area contributed by atoms with Gasteiger partial charge in [0, 0.05) is 31.9 Å². The number of carbonyl (C=O) groups excluding carboxylic acids is 2. The van der Waals surface area contributed by atoms with Crippen molar-refractivity contribution in [3.8, 4) is 0 Å². The van der Waals surface area contributed by atoms with Crippen molar-refractivity contribution in [3.63, 3.8) is 0 Å². The quantitative estimate of drug-likeness (QED) is 0.738. The van der Waals surface area contributed by atoms with Crippen LogP contribution in [-0.2, 0) is 14.3 Å². The van der Waals surface area contributed by atoms with Crippen molar-refractivity contribution in [2.45, 2.75) is 31.4 Å². The fourth-order valence-corrected chi connectivity index (χ4v) is 3.73. The van der Waals surface area contributed by atoms with E-state index in [9.17, 15) is 9.59 Å². The Morgan fingerprint density at radius 3 is 2.55 bits per heavy atom. The topological polar surface area (TPSA) is 58.6 Å². The summed E-state index contributed by atoms with van der Waals surface area (Å²) in [6.07, 6.45) is 2.64. The highest BCUT2D eigenvalue weighted by Crippen LogP contribution is 2.51. The fourth-order valence-electron chi connectivity index (χ4n) is 2.44. The van der Waals surface area contributed by atoms with Crippen LogP contribution in [0.4, 0.5) is 0 Å². The van der Waals surface area contributed by atoms with E-state index in [1.807, 2.05) is 11.8 Å². The molecule has 1 amide bonds. The van der Waals surface area contributed by atoms with Gasteiger partial charge in [-0.05, 0) is 25.2 Å². The molecular weight excluding hydrogens is 276 g/mol. The third-order valence-electron chi connectivity index (χ3n) is 4.12. The molecule has 0 aromatic carbocycles. The van der Waals surface area contributed by atoms with Gasteiger partial charge in [-0.1, -0.05) is 0 Å². The molecule has 1 saturated heterocycles. The van der Waals surface area contributed by atoms with Gasteiger partial charge in [-0.25, -0.2) is 0 Å². The Morgan fingerprint density at radius 1 is 1.35 bits per heavy atom. The number of hydrogen-bond donors (Lipinski definition) is 1. The Hall–Kier alpha value is -0.750. The number of ether oxygens (including phenoxy) is 1. The van der Waals surface area contributed by atoms with Crippen LogP contribution in [0.2, 0.25) is 0 Å². The number of esters is 1. The average molecular weight is 300 g/mol. The Balaban J connectivity index is 1.75. The molecule has 114 valence electrons. The first-order valence-corrected chi connectivity index (χ1v) is 8.29. The lowest BCUT2D eigenvalue weighted by molar-refractivity contribution is -0.141. The van der Waals surface area contributed by atoms with E-state index in [1.54, 1.807) is 11.8 Å². The van der Waals surface area contributed by atoms with E-state index in [4.69, 9.17) is 4.74 Å². The lowest BCUT2D eigenvalue weighted by Crippen LogP contribution is -2.48. The van der Waals surface area contributed by atoms with Crippen molar-refractivity contribution in [1.29, 1.82) is 0 Å². The number of hydrogen-bond acceptors (Lipinski definition) is 5. The maximum absolute atomic E-state index is 12.3. The predicted octanol–water partition coefficient (Wildman–Crippen LogP) is 0.883. The molecule has 1 unspecified atom stereocenters. The third kappa shape index (κ3) is 4.12. The minimum Gasteiger partial charge on any atom is -0.469 e. The minimum absolute atomic E-state index is 0.0248. The van der Waals surface area contributed by atoms with E-state index in [0.717, 1.165) is 44.8 Å². The van der Waals surface area contributed by atoms with Crippen molar-refractivity contribution >= 4 is 23.6 Å². The van der Waals surface area contributed by atoms with Crippen LogP contribution in [-0.4, -0.2) is 61.1 Å². The largest absolute Gasteiger partial charge is 0.469 e. The maximum Gasteiger partial charge on any atom is 0.306 e. The zero-order valence-corrected chi connectivity index (χ0v) is 13.1. The summed E-state index contributed by atoms with van der Waals surface area (Å²) in [5.74, 6) is 0.968. The number of thioether (sulfide) groups is 1. The lowest BCUT2D eigenvalue weighted by atomic mass is 10.1. The Labute approximate surface area is 124 Å². The van der Waals surface area contributed by atoms with Gasteiger partial charge in [0.15, 0.2) is 0 Å². The first-order valence-electron chi connectivity index (χ1n) is 7.24. The number of methoxy groups -OCH3 is 1. The second kappa shape index (κ2) is 6.80. The molecule has 20 heavy (non-hydrogen) atoms. The summed E-state index contributed by atoms with van der Waals surface area (Å²) in [4.78, 5) is 25.6. The Bertz CT molecular complexity index is 365. The van der Waals surface area contributed by atoms with Gasteiger partial charge >= 0.3 is 5.97 Å². The van der Waals surface area contributed by atoms with Crippen LogP contribution in [0.15, 0.2) is 0 Å². The highest BCUT2D eigenvalue weighted by atomic mass is 32.2. The first kappa shape index (κ1) is 15.6. The van der Waals surface area contributed by atoms with E-state index >= 15 is 0 Å². The molecule has 2 fully saturated rings. The summed E-state index contributed by atoms with van der Waals surface area (Å²) in [7, 11) is 1.43. The summed E-state index contributed by atoms with van der Waals surface area (Å²) in [5, 5.41) is 3.23. The summed E-state index contributed by atoms with van der Waals surface area (Å²) in [5.41, 5.74) is 0.0930. The van der Waals surface area contributed by atoms with Crippen molar-refractivity contribution < 1.29 is 14.3 Å². The van der Waals surface area contributed by atoms with Gasteiger partial charge < -0.3 is 15.0 Å².